The van der Waals surface area contributed by atoms with Crippen molar-refractivity contribution in [1.82, 2.24) is 5.32 Å². The second kappa shape index (κ2) is 5.83. The van der Waals surface area contributed by atoms with Crippen molar-refractivity contribution in [2.75, 3.05) is 0 Å². The summed E-state index contributed by atoms with van der Waals surface area (Å²) in [5.74, 6) is -0.161. The van der Waals surface area contributed by atoms with Crippen LogP contribution in [0.15, 0.2) is 17.5 Å². The van der Waals surface area contributed by atoms with Crippen LogP contribution in [0.4, 0.5) is 0 Å². The van der Waals surface area contributed by atoms with E-state index in [2.05, 4.69) is 11.4 Å². The van der Waals surface area contributed by atoms with Gasteiger partial charge >= 0.3 is 0 Å². The van der Waals surface area contributed by atoms with Crippen LogP contribution < -0.4 is 5.32 Å². The van der Waals surface area contributed by atoms with Gasteiger partial charge in [-0.2, -0.15) is 5.26 Å². The smallest absolute Gasteiger partial charge is 0.240 e. The molecule has 0 aliphatic heterocycles. The summed E-state index contributed by atoms with van der Waals surface area (Å²) in [7, 11) is 0. The number of carbonyl (C=O) groups is 1. The topological polar surface area (TPSA) is 52.9 Å². The maximum Gasteiger partial charge on any atom is 0.240 e. The highest BCUT2D eigenvalue weighted by molar-refractivity contribution is 7.10. The Kier molecular flexibility index (Phi) is 4.71. The van der Waals surface area contributed by atoms with Crippen molar-refractivity contribution in [2.45, 2.75) is 39.7 Å². The van der Waals surface area contributed by atoms with E-state index in [1.807, 2.05) is 38.3 Å². The van der Waals surface area contributed by atoms with Crippen molar-refractivity contribution in [1.29, 1.82) is 5.26 Å². The van der Waals surface area contributed by atoms with Crippen LogP contribution in [0.3, 0.4) is 0 Å². The zero-order valence-electron chi connectivity index (χ0n) is 10.5. The highest BCUT2D eigenvalue weighted by Gasteiger charge is 2.35. The molecule has 1 amide bonds. The van der Waals surface area contributed by atoms with Crippen molar-refractivity contribution in [3.63, 3.8) is 0 Å². The van der Waals surface area contributed by atoms with Gasteiger partial charge in [0.1, 0.15) is 5.41 Å². The fraction of sp³-hybridized carbons (Fsp3) is 0.538. The highest BCUT2D eigenvalue weighted by atomic mass is 32.1. The van der Waals surface area contributed by atoms with Gasteiger partial charge in [0.2, 0.25) is 5.91 Å². The van der Waals surface area contributed by atoms with Gasteiger partial charge in [-0.05, 0) is 31.2 Å². The van der Waals surface area contributed by atoms with Gasteiger partial charge < -0.3 is 5.32 Å². The lowest BCUT2D eigenvalue weighted by atomic mass is 9.83. The zero-order valence-corrected chi connectivity index (χ0v) is 11.3. The summed E-state index contributed by atoms with van der Waals surface area (Å²) in [5, 5.41) is 14.1. The molecule has 1 rings (SSSR count). The lowest BCUT2D eigenvalue weighted by molar-refractivity contribution is -0.129. The Balaban J connectivity index is 2.75. The maximum absolute atomic E-state index is 12.1. The molecule has 92 valence electrons. The number of hydrogen-bond acceptors (Lipinski definition) is 3. The fourth-order valence-electron chi connectivity index (χ4n) is 1.72. The molecule has 1 heterocycles. The minimum Gasteiger partial charge on any atom is -0.347 e. The minimum atomic E-state index is -0.883. The third-order valence-corrected chi connectivity index (χ3v) is 4.23. The Hall–Kier alpha value is -1.34. The molecular formula is C13H18N2OS. The van der Waals surface area contributed by atoms with Crippen LogP contribution in [-0.4, -0.2) is 5.91 Å². The molecule has 1 N–H and O–H groups in total. The summed E-state index contributed by atoms with van der Waals surface area (Å²) in [6.07, 6.45) is 1.09. The molecule has 0 radical (unpaired) electrons. The van der Waals surface area contributed by atoms with Crippen molar-refractivity contribution in [2.24, 2.45) is 5.41 Å². The van der Waals surface area contributed by atoms with Gasteiger partial charge in [-0.3, -0.25) is 4.79 Å². The summed E-state index contributed by atoms with van der Waals surface area (Å²) < 4.78 is 0. The third-order valence-electron chi connectivity index (χ3n) is 3.17. The van der Waals surface area contributed by atoms with Crippen molar-refractivity contribution < 1.29 is 4.79 Å². The van der Waals surface area contributed by atoms with E-state index in [1.54, 1.807) is 11.3 Å². The molecule has 1 unspecified atom stereocenters. The number of amides is 1. The van der Waals surface area contributed by atoms with E-state index in [-0.39, 0.29) is 11.9 Å². The first-order chi connectivity index (χ1) is 8.09. The largest absolute Gasteiger partial charge is 0.347 e. The zero-order chi connectivity index (χ0) is 12.9. The molecule has 0 bridgehead atoms. The van der Waals surface area contributed by atoms with E-state index in [0.29, 0.717) is 12.8 Å². The molecule has 0 aliphatic carbocycles. The molecule has 4 heteroatoms. The Bertz CT molecular complexity index is 402. The van der Waals surface area contributed by atoms with E-state index in [9.17, 15) is 10.1 Å². The summed E-state index contributed by atoms with van der Waals surface area (Å²) in [4.78, 5) is 13.2. The van der Waals surface area contributed by atoms with Crippen molar-refractivity contribution in [3.8, 4) is 6.07 Å². The van der Waals surface area contributed by atoms with E-state index < -0.39 is 5.41 Å². The lowest BCUT2D eigenvalue weighted by Gasteiger charge is -2.24. The molecule has 1 atom stereocenters. The Morgan fingerprint density at radius 2 is 2.24 bits per heavy atom. The number of thiophene rings is 1. The molecule has 0 spiro atoms. The Labute approximate surface area is 106 Å². The second-order valence-corrected chi connectivity index (χ2v) is 5.09. The van der Waals surface area contributed by atoms with Crippen LogP contribution in [0, 0.1) is 16.7 Å². The monoisotopic (exact) mass is 250 g/mol. The predicted molar refractivity (Wildman–Crippen MR) is 69.5 cm³/mol. The number of nitrogens with zero attached hydrogens (tertiary/aromatic N) is 1. The number of carbonyl (C=O) groups excluding carboxylic acids is 1. The van der Waals surface area contributed by atoms with E-state index in [0.717, 1.165) is 4.88 Å². The van der Waals surface area contributed by atoms with Crippen LogP contribution in [0.1, 0.15) is 44.5 Å². The van der Waals surface area contributed by atoms with Gasteiger partial charge in [-0.25, -0.2) is 0 Å². The molecule has 0 saturated heterocycles. The second-order valence-electron chi connectivity index (χ2n) is 4.11. The average molecular weight is 250 g/mol. The van der Waals surface area contributed by atoms with E-state index in [4.69, 9.17) is 0 Å². The number of nitriles is 1. The van der Waals surface area contributed by atoms with Gasteiger partial charge in [-0.1, -0.05) is 19.9 Å². The highest BCUT2D eigenvalue weighted by Crippen LogP contribution is 2.27. The summed E-state index contributed by atoms with van der Waals surface area (Å²) in [5.41, 5.74) is -0.883. The minimum absolute atomic E-state index is 0.0340. The first kappa shape index (κ1) is 13.7. The van der Waals surface area contributed by atoms with Crippen LogP contribution in [-0.2, 0) is 4.79 Å². The number of rotatable bonds is 5. The molecule has 0 saturated carbocycles. The van der Waals surface area contributed by atoms with Crippen LogP contribution >= 0.6 is 11.3 Å². The first-order valence-electron chi connectivity index (χ1n) is 5.85. The Morgan fingerprint density at radius 1 is 1.59 bits per heavy atom. The summed E-state index contributed by atoms with van der Waals surface area (Å²) in [6, 6.07) is 6.07. The predicted octanol–water partition coefficient (Wildman–Crippen LogP) is 3.26. The average Bonchev–Trinajstić information content (AvgIpc) is 2.85. The van der Waals surface area contributed by atoms with Gasteiger partial charge in [0.25, 0.3) is 0 Å². The molecule has 0 aliphatic rings. The van der Waals surface area contributed by atoms with Crippen LogP contribution in [0.2, 0.25) is 0 Å². The fourth-order valence-corrected chi connectivity index (χ4v) is 2.46. The SMILES string of the molecule is CCC(C#N)(CC)C(=O)NC(C)c1cccs1. The molecule has 0 aromatic carbocycles. The Morgan fingerprint density at radius 3 is 2.65 bits per heavy atom. The first-order valence-corrected chi connectivity index (χ1v) is 6.73. The van der Waals surface area contributed by atoms with Gasteiger partial charge in [0, 0.05) is 4.88 Å². The summed E-state index contributed by atoms with van der Waals surface area (Å²) >= 11 is 1.61. The molecular weight excluding hydrogens is 232 g/mol. The maximum atomic E-state index is 12.1. The molecule has 1 aromatic rings. The van der Waals surface area contributed by atoms with Gasteiger partial charge in [-0.15, -0.1) is 11.3 Å². The third kappa shape index (κ3) is 2.86. The molecule has 0 fully saturated rings. The van der Waals surface area contributed by atoms with E-state index in [1.165, 1.54) is 0 Å². The number of hydrogen-bond donors (Lipinski definition) is 1. The van der Waals surface area contributed by atoms with Gasteiger partial charge in [0.15, 0.2) is 0 Å². The molecule has 3 nitrogen and oxygen atoms in total. The van der Waals surface area contributed by atoms with Crippen LogP contribution in [0.25, 0.3) is 0 Å². The lowest BCUT2D eigenvalue weighted by Crippen LogP contribution is -2.40. The van der Waals surface area contributed by atoms with Crippen LogP contribution in [0.5, 0.6) is 0 Å². The summed E-state index contributed by atoms with van der Waals surface area (Å²) in [6.45, 7) is 5.70. The van der Waals surface area contributed by atoms with Crippen molar-refractivity contribution >= 4 is 17.2 Å². The van der Waals surface area contributed by atoms with E-state index >= 15 is 0 Å². The molecule has 17 heavy (non-hydrogen) atoms. The normalized spacial score (nSPS) is 12.8. The molecule has 1 aromatic heterocycles. The van der Waals surface area contributed by atoms with Gasteiger partial charge in [0.05, 0.1) is 12.1 Å². The standard InChI is InChI=1S/C13H18N2OS/c1-4-13(5-2,9-14)12(16)15-10(3)11-7-6-8-17-11/h6-8,10H,4-5H2,1-3H3,(H,15,16). The number of nitrogens with one attached hydrogen (secondary N) is 1. The quantitative estimate of drug-likeness (QED) is 0.872. The van der Waals surface area contributed by atoms with Crippen molar-refractivity contribution in [3.05, 3.63) is 22.4 Å².